The van der Waals surface area contributed by atoms with Gasteiger partial charge in [-0.05, 0) is 30.9 Å². The van der Waals surface area contributed by atoms with E-state index in [-0.39, 0.29) is 35.5 Å². The molecule has 2 aliphatic carbocycles. The van der Waals surface area contributed by atoms with Gasteiger partial charge in [0.25, 0.3) is 5.91 Å². The van der Waals surface area contributed by atoms with Gasteiger partial charge in [0.1, 0.15) is 0 Å². The molecule has 7 heteroatoms. The average molecular weight is 392 g/mol. The van der Waals surface area contributed by atoms with Crippen molar-refractivity contribution in [1.82, 2.24) is 19.8 Å². The van der Waals surface area contributed by atoms with Crippen molar-refractivity contribution in [3.05, 3.63) is 53.1 Å². The maximum Gasteiger partial charge on any atom is 0.254 e. The van der Waals surface area contributed by atoms with E-state index >= 15 is 0 Å². The minimum absolute atomic E-state index is 0.00665. The highest BCUT2D eigenvalue weighted by Gasteiger charge is 2.43. The lowest BCUT2D eigenvalue weighted by molar-refractivity contribution is -0.125. The van der Waals surface area contributed by atoms with Gasteiger partial charge >= 0.3 is 0 Å². The van der Waals surface area contributed by atoms with Gasteiger partial charge in [0, 0.05) is 50.3 Å². The summed E-state index contributed by atoms with van der Waals surface area (Å²) in [6.45, 7) is 0.771. The molecule has 29 heavy (non-hydrogen) atoms. The van der Waals surface area contributed by atoms with Gasteiger partial charge in [-0.15, -0.1) is 0 Å². The van der Waals surface area contributed by atoms with Crippen LogP contribution in [0.25, 0.3) is 0 Å². The predicted octanol–water partition coefficient (Wildman–Crippen LogP) is 1.68. The first-order valence-corrected chi connectivity index (χ1v) is 10.2. The summed E-state index contributed by atoms with van der Waals surface area (Å²) >= 11 is 0. The fourth-order valence-corrected chi connectivity index (χ4v) is 4.55. The molecule has 1 N–H and O–H groups in total. The number of carbonyl (C=O) groups excluding carboxylic acids is 3. The molecule has 3 aliphatic rings. The van der Waals surface area contributed by atoms with Crippen molar-refractivity contribution in [1.29, 1.82) is 0 Å². The highest BCUT2D eigenvalue weighted by molar-refractivity contribution is 6.10. The Bertz CT molecular complexity index is 1010. The van der Waals surface area contributed by atoms with E-state index in [1.165, 1.54) is 0 Å². The second-order valence-corrected chi connectivity index (χ2v) is 8.43. The fraction of sp³-hybridized carbons (Fsp3) is 0.455. The number of rotatable bonds is 4. The molecular formula is C22H24N4O3. The molecule has 0 bridgehead atoms. The van der Waals surface area contributed by atoms with Crippen molar-refractivity contribution in [3.8, 4) is 0 Å². The molecule has 7 nitrogen and oxygen atoms in total. The molecule has 2 fully saturated rings. The second-order valence-electron chi connectivity index (χ2n) is 8.43. The largest absolute Gasteiger partial charge is 0.353 e. The predicted molar refractivity (Wildman–Crippen MR) is 106 cm³/mol. The Hall–Kier alpha value is -2.96. The third kappa shape index (κ3) is 3.24. The van der Waals surface area contributed by atoms with E-state index in [1.54, 1.807) is 17.3 Å². The number of imidazole rings is 1. The van der Waals surface area contributed by atoms with Crippen LogP contribution >= 0.6 is 0 Å². The van der Waals surface area contributed by atoms with Gasteiger partial charge in [-0.1, -0.05) is 12.1 Å². The third-order valence-electron chi connectivity index (χ3n) is 6.25. The number of likely N-dealkylation sites (tertiary alicyclic amines) is 1. The third-order valence-corrected chi connectivity index (χ3v) is 6.25. The summed E-state index contributed by atoms with van der Waals surface area (Å²) in [6, 6.07) is 5.77. The number of Topliss-reactive ketones (excluding diaryl/α,β-unsaturated/α-hetero) is 1. The molecule has 1 aromatic heterocycles. The van der Waals surface area contributed by atoms with E-state index in [0.717, 1.165) is 24.1 Å². The minimum Gasteiger partial charge on any atom is -0.353 e. The standard InChI is InChI=1S/C22H24N4O3/c1-25-11-18(23-12-25)16-9-26(10-17(16)21(28)24-14-6-7-14)22(29)15-4-2-3-13-5-8-19(27)20(13)15/h2-4,11-12,14,16-17H,5-10H2,1H3,(H,24,28)/t16-,17-/m1/s1. The summed E-state index contributed by atoms with van der Waals surface area (Å²) in [5.74, 6) is -0.617. The number of nitrogens with one attached hydrogen (secondary N) is 1. The van der Waals surface area contributed by atoms with Crippen LogP contribution in [0.2, 0.25) is 0 Å². The zero-order chi connectivity index (χ0) is 20.1. The van der Waals surface area contributed by atoms with Gasteiger partial charge < -0.3 is 14.8 Å². The first kappa shape index (κ1) is 18.1. The molecule has 1 aliphatic heterocycles. The van der Waals surface area contributed by atoms with E-state index < -0.39 is 0 Å². The molecule has 2 amide bonds. The minimum atomic E-state index is -0.332. The quantitative estimate of drug-likeness (QED) is 0.858. The van der Waals surface area contributed by atoms with Gasteiger partial charge in [-0.2, -0.15) is 0 Å². The first-order valence-electron chi connectivity index (χ1n) is 10.2. The number of benzene rings is 1. The Kier molecular flexibility index (Phi) is 4.26. The number of fused-ring (bicyclic) bond motifs is 1. The van der Waals surface area contributed by atoms with Gasteiger partial charge in [-0.25, -0.2) is 4.98 Å². The Morgan fingerprint density at radius 1 is 1.17 bits per heavy atom. The molecule has 1 aromatic carbocycles. The van der Waals surface area contributed by atoms with Crippen LogP contribution in [0.3, 0.4) is 0 Å². The lowest BCUT2D eigenvalue weighted by atomic mass is 9.92. The van der Waals surface area contributed by atoms with Crippen LogP contribution in [0.4, 0.5) is 0 Å². The van der Waals surface area contributed by atoms with Crippen molar-refractivity contribution < 1.29 is 14.4 Å². The molecule has 0 spiro atoms. The Balaban J connectivity index is 1.44. The van der Waals surface area contributed by atoms with Crippen LogP contribution in [0.1, 0.15) is 57.2 Å². The number of nitrogens with zero attached hydrogens (tertiary/aromatic N) is 3. The van der Waals surface area contributed by atoms with E-state index in [0.29, 0.717) is 37.1 Å². The van der Waals surface area contributed by atoms with Gasteiger partial charge in [-0.3, -0.25) is 14.4 Å². The molecule has 0 radical (unpaired) electrons. The smallest absolute Gasteiger partial charge is 0.254 e. The first-order chi connectivity index (χ1) is 14.0. The average Bonchev–Trinajstić information content (AvgIpc) is 3.10. The maximum atomic E-state index is 13.4. The van der Waals surface area contributed by atoms with Crippen LogP contribution in [0.5, 0.6) is 0 Å². The second kappa shape index (κ2) is 6.83. The van der Waals surface area contributed by atoms with E-state index in [9.17, 15) is 14.4 Å². The van der Waals surface area contributed by atoms with Crippen LogP contribution in [0, 0.1) is 5.92 Å². The molecule has 2 atom stereocenters. The number of amides is 2. The zero-order valence-corrected chi connectivity index (χ0v) is 16.4. The van der Waals surface area contributed by atoms with E-state index in [4.69, 9.17) is 0 Å². The van der Waals surface area contributed by atoms with Crippen LogP contribution in [0.15, 0.2) is 30.7 Å². The highest BCUT2D eigenvalue weighted by atomic mass is 16.2. The van der Waals surface area contributed by atoms with Gasteiger partial charge in [0.05, 0.1) is 23.5 Å². The van der Waals surface area contributed by atoms with Crippen LogP contribution < -0.4 is 5.32 Å². The SMILES string of the molecule is Cn1cnc([C@@H]2CN(C(=O)c3cccc4c3C(=O)CC4)C[C@H]2C(=O)NC2CC2)c1. The normalized spacial score (nSPS) is 23.3. The summed E-state index contributed by atoms with van der Waals surface area (Å²) in [6.07, 6.45) is 6.83. The number of carbonyl (C=O) groups is 3. The zero-order valence-electron chi connectivity index (χ0n) is 16.4. The Morgan fingerprint density at radius 2 is 2.00 bits per heavy atom. The van der Waals surface area contributed by atoms with E-state index in [1.807, 2.05) is 29.9 Å². The molecule has 1 saturated heterocycles. The Labute approximate surface area is 169 Å². The van der Waals surface area contributed by atoms with Crippen molar-refractivity contribution in [2.75, 3.05) is 13.1 Å². The summed E-state index contributed by atoms with van der Waals surface area (Å²) in [4.78, 5) is 44.8. The summed E-state index contributed by atoms with van der Waals surface area (Å²) in [5.41, 5.74) is 2.81. The molecular weight excluding hydrogens is 368 g/mol. The lowest BCUT2D eigenvalue weighted by Crippen LogP contribution is -2.36. The van der Waals surface area contributed by atoms with Gasteiger partial charge in [0.2, 0.25) is 5.91 Å². The van der Waals surface area contributed by atoms with Gasteiger partial charge in [0.15, 0.2) is 5.78 Å². The lowest BCUT2D eigenvalue weighted by Gasteiger charge is -2.18. The molecule has 5 rings (SSSR count). The number of hydrogen-bond acceptors (Lipinski definition) is 4. The van der Waals surface area contributed by atoms with Crippen molar-refractivity contribution >= 4 is 17.6 Å². The molecule has 2 aromatic rings. The van der Waals surface area contributed by atoms with Crippen molar-refractivity contribution in [2.24, 2.45) is 13.0 Å². The van der Waals surface area contributed by atoms with Crippen LogP contribution in [-0.4, -0.2) is 51.2 Å². The fourth-order valence-electron chi connectivity index (χ4n) is 4.55. The maximum absolute atomic E-state index is 13.4. The monoisotopic (exact) mass is 392 g/mol. The number of ketones is 1. The number of aryl methyl sites for hydroxylation is 2. The highest BCUT2D eigenvalue weighted by Crippen LogP contribution is 2.35. The van der Waals surface area contributed by atoms with E-state index in [2.05, 4.69) is 10.3 Å². The summed E-state index contributed by atoms with van der Waals surface area (Å²) in [5, 5.41) is 3.08. The number of hydrogen-bond donors (Lipinski definition) is 1. The number of aromatic nitrogens is 2. The Morgan fingerprint density at radius 3 is 2.72 bits per heavy atom. The summed E-state index contributed by atoms with van der Waals surface area (Å²) < 4.78 is 1.86. The molecule has 2 heterocycles. The van der Waals surface area contributed by atoms with Crippen molar-refractivity contribution in [2.45, 2.75) is 37.6 Å². The molecule has 150 valence electrons. The molecule has 1 saturated carbocycles. The van der Waals surface area contributed by atoms with Crippen molar-refractivity contribution in [3.63, 3.8) is 0 Å². The summed E-state index contributed by atoms with van der Waals surface area (Å²) in [7, 11) is 1.90. The topological polar surface area (TPSA) is 84.3 Å². The van der Waals surface area contributed by atoms with Crippen LogP contribution in [-0.2, 0) is 18.3 Å². The molecule has 0 unspecified atom stereocenters.